The molecule has 8 heteroatoms. The number of benzene rings is 2. The minimum absolute atomic E-state index is 0. The first kappa shape index (κ1) is 41.4. The van der Waals surface area contributed by atoms with Gasteiger partial charge in [0.15, 0.2) is 5.78 Å². The molecule has 0 bridgehead atoms. The number of aryl methyl sites for hydroxylation is 2. The Morgan fingerprint density at radius 1 is 0.938 bits per heavy atom. The van der Waals surface area contributed by atoms with Crippen molar-refractivity contribution in [3.8, 4) is 21.7 Å². The van der Waals surface area contributed by atoms with Crippen LogP contribution in [0.5, 0.6) is 0 Å². The number of rotatable bonds is 10. The van der Waals surface area contributed by atoms with E-state index in [-0.39, 0.29) is 59.2 Å². The summed E-state index contributed by atoms with van der Waals surface area (Å²) in [4.78, 5) is 16.4. The number of aromatic nitrogens is 1. The van der Waals surface area contributed by atoms with Gasteiger partial charge in [-0.1, -0.05) is 86.6 Å². The van der Waals surface area contributed by atoms with Crippen LogP contribution in [0.2, 0.25) is 0 Å². The summed E-state index contributed by atoms with van der Waals surface area (Å²) in [7, 11) is 0. The van der Waals surface area contributed by atoms with E-state index in [9.17, 15) is 23.1 Å². The third-order valence-electron chi connectivity index (χ3n) is 8.32. The van der Waals surface area contributed by atoms with Gasteiger partial charge in [-0.3, -0.25) is 4.79 Å². The summed E-state index contributed by atoms with van der Waals surface area (Å²) >= 11 is 1.15. The molecule has 0 fully saturated rings. The number of carbonyl (C=O) groups is 1. The van der Waals surface area contributed by atoms with Crippen LogP contribution in [0.15, 0.2) is 60.5 Å². The first-order chi connectivity index (χ1) is 22.0. The van der Waals surface area contributed by atoms with Crippen LogP contribution in [0.1, 0.15) is 96.4 Å². The van der Waals surface area contributed by atoms with Crippen LogP contribution >= 0.6 is 11.3 Å². The van der Waals surface area contributed by atoms with Gasteiger partial charge < -0.3 is 10.1 Å². The van der Waals surface area contributed by atoms with E-state index in [0.29, 0.717) is 16.0 Å². The predicted octanol–water partition coefficient (Wildman–Crippen LogP) is 12.5. The quantitative estimate of drug-likeness (QED) is 0.0982. The number of thiophene rings is 1. The Balaban J connectivity index is 0.000000427. The Morgan fingerprint density at radius 3 is 2.02 bits per heavy atom. The zero-order valence-electron chi connectivity index (χ0n) is 29.6. The number of alkyl halides is 3. The van der Waals surface area contributed by atoms with E-state index in [1.54, 1.807) is 12.1 Å². The Kier molecular flexibility index (Phi) is 15.3. The van der Waals surface area contributed by atoms with Crippen molar-refractivity contribution >= 4 is 27.2 Å². The minimum atomic E-state index is -4.47. The van der Waals surface area contributed by atoms with Gasteiger partial charge in [-0.2, -0.15) is 13.2 Å². The van der Waals surface area contributed by atoms with Crippen LogP contribution in [0.4, 0.5) is 13.2 Å². The number of pyridine rings is 1. The number of hydrogen-bond acceptors (Lipinski definition) is 4. The molecule has 0 aliphatic heterocycles. The number of halogens is 3. The summed E-state index contributed by atoms with van der Waals surface area (Å²) in [6, 6.07) is 16.1. The summed E-state index contributed by atoms with van der Waals surface area (Å²) in [5.74, 6) is 0.547. The maximum Gasteiger partial charge on any atom is 0.418 e. The third kappa shape index (κ3) is 10.9. The Hall–Kier alpha value is -2.80. The SMILES string of the molecule is CCC(CC)C(=O)/C=C(\O)C(CC)CC.Cc1[c-]c(-c2nccc3c(C(F)(F)F)c(-c4ccc(CC(C)(C)C)cc4)sc23)cc(C)c1.[Ir]. The van der Waals surface area contributed by atoms with Crippen molar-refractivity contribution in [2.45, 2.75) is 101 Å². The van der Waals surface area contributed by atoms with Crippen LogP contribution < -0.4 is 0 Å². The summed E-state index contributed by atoms with van der Waals surface area (Å²) < 4.78 is 43.3. The van der Waals surface area contributed by atoms with E-state index in [1.807, 2.05) is 65.8 Å². The molecule has 2 heterocycles. The van der Waals surface area contributed by atoms with Gasteiger partial charge in [0, 0.05) is 59.5 Å². The molecule has 2 aromatic carbocycles. The fraction of sp³-hybridized carbons (Fsp3) is 0.450. The topological polar surface area (TPSA) is 50.2 Å². The number of allylic oxidation sites excluding steroid dienone is 2. The van der Waals surface area contributed by atoms with E-state index in [1.165, 1.54) is 18.3 Å². The van der Waals surface area contributed by atoms with Gasteiger partial charge in [0.1, 0.15) is 0 Å². The van der Waals surface area contributed by atoms with Crippen molar-refractivity contribution in [2.75, 3.05) is 0 Å². The first-order valence-corrected chi connectivity index (χ1v) is 17.4. The maximum atomic E-state index is 14.2. The molecule has 0 saturated carbocycles. The van der Waals surface area contributed by atoms with Crippen molar-refractivity contribution in [1.29, 1.82) is 0 Å². The molecule has 0 saturated heterocycles. The summed E-state index contributed by atoms with van der Waals surface area (Å²) in [6.07, 6.45) is 2.76. The summed E-state index contributed by atoms with van der Waals surface area (Å²) in [6.45, 7) is 18.4. The molecule has 1 radical (unpaired) electrons. The number of ketones is 1. The third-order valence-corrected chi connectivity index (χ3v) is 9.59. The van der Waals surface area contributed by atoms with E-state index in [0.717, 1.165) is 65.7 Å². The molecule has 0 atom stereocenters. The van der Waals surface area contributed by atoms with Gasteiger partial charge in [0.25, 0.3) is 0 Å². The molecule has 2 aromatic heterocycles. The maximum absolute atomic E-state index is 14.2. The van der Waals surface area contributed by atoms with Crippen LogP contribution in [-0.4, -0.2) is 15.9 Å². The van der Waals surface area contributed by atoms with Crippen molar-refractivity contribution < 1.29 is 43.2 Å². The van der Waals surface area contributed by atoms with Crippen molar-refractivity contribution in [3.63, 3.8) is 0 Å². The molecule has 0 unspecified atom stereocenters. The normalized spacial score (nSPS) is 12.2. The van der Waals surface area contributed by atoms with Crippen LogP contribution in [0.25, 0.3) is 31.8 Å². The largest absolute Gasteiger partial charge is 0.512 e. The van der Waals surface area contributed by atoms with E-state index in [2.05, 4.69) is 31.8 Å². The van der Waals surface area contributed by atoms with Gasteiger partial charge in [-0.15, -0.1) is 46.2 Å². The molecule has 48 heavy (non-hydrogen) atoms. The predicted molar refractivity (Wildman–Crippen MR) is 191 cm³/mol. The van der Waals surface area contributed by atoms with Gasteiger partial charge in [-0.05, 0) is 60.1 Å². The molecule has 0 amide bonds. The Morgan fingerprint density at radius 2 is 1.52 bits per heavy atom. The molecule has 0 spiro atoms. The molecular weight excluding hydrogens is 808 g/mol. The van der Waals surface area contributed by atoms with E-state index >= 15 is 0 Å². The van der Waals surface area contributed by atoms with Gasteiger partial charge >= 0.3 is 6.18 Å². The fourth-order valence-corrected chi connectivity index (χ4v) is 7.21. The van der Waals surface area contributed by atoms with Gasteiger partial charge in [0.05, 0.1) is 11.3 Å². The zero-order valence-corrected chi connectivity index (χ0v) is 32.8. The molecule has 263 valence electrons. The molecule has 0 aliphatic carbocycles. The van der Waals surface area contributed by atoms with Crippen LogP contribution in [0.3, 0.4) is 0 Å². The molecule has 4 aromatic rings. The smallest absolute Gasteiger partial charge is 0.418 e. The van der Waals surface area contributed by atoms with Gasteiger partial charge in [-0.25, -0.2) is 0 Å². The number of aliphatic hydroxyl groups is 1. The Bertz CT molecular complexity index is 1660. The number of fused-ring (bicyclic) bond motifs is 1. The summed E-state index contributed by atoms with van der Waals surface area (Å²) in [5.41, 5.74) is 4.43. The second kappa shape index (κ2) is 17.7. The molecule has 1 N–H and O–H groups in total. The first-order valence-electron chi connectivity index (χ1n) is 16.6. The van der Waals surface area contributed by atoms with E-state index < -0.39 is 11.7 Å². The second-order valence-electron chi connectivity index (χ2n) is 13.5. The zero-order chi connectivity index (χ0) is 35.1. The number of nitrogens with zero attached hydrogens (tertiary/aromatic N) is 1. The van der Waals surface area contributed by atoms with Crippen molar-refractivity contribution in [1.82, 2.24) is 4.98 Å². The van der Waals surface area contributed by atoms with Gasteiger partial charge in [0.2, 0.25) is 0 Å². The molecular formula is C40H49F3IrNO2S-. The minimum Gasteiger partial charge on any atom is -0.512 e. The summed E-state index contributed by atoms with van der Waals surface area (Å²) in [5, 5.41) is 9.95. The number of carbonyl (C=O) groups excluding carboxylic acids is 1. The van der Waals surface area contributed by atoms with E-state index in [4.69, 9.17) is 0 Å². The molecule has 3 nitrogen and oxygen atoms in total. The van der Waals surface area contributed by atoms with Crippen LogP contribution in [-0.2, 0) is 37.5 Å². The van der Waals surface area contributed by atoms with Crippen LogP contribution in [0, 0.1) is 37.2 Å². The average Bonchev–Trinajstić information content (AvgIpc) is 3.38. The molecule has 4 rings (SSSR count). The van der Waals surface area contributed by atoms with Crippen molar-refractivity contribution in [2.24, 2.45) is 17.3 Å². The average molecular weight is 857 g/mol. The second-order valence-corrected chi connectivity index (χ2v) is 14.5. The van der Waals surface area contributed by atoms with Crippen molar-refractivity contribution in [3.05, 3.63) is 88.8 Å². The fourth-order valence-electron chi connectivity index (χ4n) is 5.89. The number of hydrogen-bond donors (Lipinski definition) is 1. The standard InChI is InChI=1S/C27H25F3NS.C13H24O2.Ir/c1-16-12-17(2)14-20(13-16)23-25-21(10-11-31-23)22(27(28,29)30)24(32-25)19-8-6-18(7-9-19)15-26(3,4)5;1-5-10(6-2)12(14)9-13(15)11(7-3)8-4;/h6-13H,15H2,1-5H3;9-11,14H,5-8H2,1-4H3;/q-1;;/b;12-9-;. The monoisotopic (exact) mass is 857 g/mol. The Labute approximate surface area is 302 Å². The molecule has 0 aliphatic rings. The number of aliphatic hydroxyl groups excluding tert-OH is 1.